The summed E-state index contributed by atoms with van der Waals surface area (Å²) in [6, 6.07) is -0.138. The molecule has 2 rings (SSSR count). The summed E-state index contributed by atoms with van der Waals surface area (Å²) in [7, 11) is -2.94. The van der Waals surface area contributed by atoms with Gasteiger partial charge < -0.3 is 4.90 Å². The largest absolute Gasteiger partial charge is 0.338 e. The molecule has 0 saturated carbocycles. The summed E-state index contributed by atoms with van der Waals surface area (Å²) in [4.78, 5) is 18.2. The van der Waals surface area contributed by atoms with Crippen LogP contribution in [0.4, 0.5) is 0 Å². The second kappa shape index (κ2) is 6.49. The van der Waals surface area contributed by atoms with E-state index in [1.54, 1.807) is 16.7 Å². The average Bonchev–Trinajstić information content (AvgIpc) is 2.97. The number of sulfone groups is 1. The van der Waals surface area contributed by atoms with Gasteiger partial charge in [0.15, 0.2) is 9.84 Å². The molecule has 1 saturated heterocycles. The Morgan fingerprint density at radius 3 is 2.89 bits per heavy atom. The second-order valence-electron chi connectivity index (χ2n) is 4.52. The highest BCUT2D eigenvalue weighted by Crippen LogP contribution is 2.23. The Bertz CT molecular complexity index is 476. The minimum atomic E-state index is -2.94. The van der Waals surface area contributed by atoms with Crippen molar-refractivity contribution >= 4 is 43.6 Å². The summed E-state index contributed by atoms with van der Waals surface area (Å²) < 4.78 is 23.9. The van der Waals surface area contributed by atoms with Gasteiger partial charge in [-0.1, -0.05) is 23.5 Å². The normalized spacial score (nSPS) is 25.3. The molecule has 1 fully saturated rings. The monoisotopic (exact) mass is 322 g/mol. The van der Waals surface area contributed by atoms with Crippen LogP contribution in [0.1, 0.15) is 13.3 Å². The van der Waals surface area contributed by atoms with Crippen LogP contribution in [0, 0.1) is 0 Å². The molecule has 19 heavy (non-hydrogen) atoms. The van der Waals surface area contributed by atoms with Crippen molar-refractivity contribution in [3.05, 3.63) is 0 Å². The number of nitrogens with zero attached hydrogens (tertiary/aromatic N) is 2. The molecule has 1 atom stereocenters. The predicted octanol–water partition coefficient (Wildman–Crippen LogP) is 0.858. The minimum absolute atomic E-state index is 0.0183. The molecular formula is C11H18N2O3S3. The van der Waals surface area contributed by atoms with Gasteiger partial charge >= 0.3 is 0 Å². The SMILES string of the molecule is CCN(C(=O)CSC1=NCCS1)C1CCS(=O)(=O)C1. The fraction of sp³-hybridized carbons (Fsp3) is 0.818. The Labute approximate surface area is 122 Å². The van der Waals surface area contributed by atoms with E-state index in [1.807, 2.05) is 6.92 Å². The zero-order valence-electron chi connectivity index (χ0n) is 10.9. The van der Waals surface area contributed by atoms with Gasteiger partial charge in [-0.25, -0.2) is 8.42 Å². The summed E-state index contributed by atoms with van der Waals surface area (Å²) in [6.45, 7) is 3.30. The first-order valence-electron chi connectivity index (χ1n) is 6.32. The summed E-state index contributed by atoms with van der Waals surface area (Å²) in [5.41, 5.74) is 0. The van der Waals surface area contributed by atoms with Gasteiger partial charge in [0, 0.05) is 18.3 Å². The Hall–Kier alpha value is -0.210. The number of hydrogen-bond acceptors (Lipinski definition) is 6. The van der Waals surface area contributed by atoms with Gasteiger partial charge in [-0.2, -0.15) is 0 Å². The molecule has 0 aromatic carbocycles. The zero-order chi connectivity index (χ0) is 13.9. The molecule has 2 aliphatic rings. The minimum Gasteiger partial charge on any atom is -0.338 e. The Morgan fingerprint density at radius 2 is 2.37 bits per heavy atom. The maximum atomic E-state index is 12.2. The number of hydrogen-bond donors (Lipinski definition) is 0. The highest BCUT2D eigenvalue weighted by atomic mass is 32.2. The number of thioether (sulfide) groups is 2. The van der Waals surface area contributed by atoms with Crippen molar-refractivity contribution in [3.63, 3.8) is 0 Å². The van der Waals surface area contributed by atoms with Crippen molar-refractivity contribution in [2.75, 3.05) is 36.1 Å². The maximum absolute atomic E-state index is 12.2. The first-order chi connectivity index (χ1) is 9.02. The molecule has 0 bridgehead atoms. The Kier molecular flexibility index (Phi) is 5.19. The third-order valence-electron chi connectivity index (χ3n) is 3.19. The lowest BCUT2D eigenvalue weighted by atomic mass is 10.2. The highest BCUT2D eigenvalue weighted by Gasteiger charge is 2.33. The van der Waals surface area contributed by atoms with Crippen LogP contribution in [0.2, 0.25) is 0 Å². The predicted molar refractivity (Wildman–Crippen MR) is 81.7 cm³/mol. The number of amides is 1. The van der Waals surface area contributed by atoms with Crippen LogP contribution in [0.5, 0.6) is 0 Å². The molecule has 2 heterocycles. The van der Waals surface area contributed by atoms with E-state index in [4.69, 9.17) is 0 Å². The van der Waals surface area contributed by atoms with Gasteiger partial charge in [-0.05, 0) is 13.3 Å². The first kappa shape index (κ1) is 15.2. The lowest BCUT2D eigenvalue weighted by Crippen LogP contribution is -2.42. The van der Waals surface area contributed by atoms with E-state index in [9.17, 15) is 13.2 Å². The van der Waals surface area contributed by atoms with E-state index in [1.165, 1.54) is 11.8 Å². The van der Waals surface area contributed by atoms with E-state index in [0.29, 0.717) is 18.7 Å². The number of carbonyl (C=O) groups excluding carboxylic acids is 1. The van der Waals surface area contributed by atoms with Crippen molar-refractivity contribution in [2.24, 2.45) is 4.99 Å². The number of carbonyl (C=O) groups is 1. The number of rotatable bonds is 4. The molecule has 2 aliphatic heterocycles. The zero-order valence-corrected chi connectivity index (χ0v) is 13.3. The first-order valence-corrected chi connectivity index (χ1v) is 10.1. The molecule has 8 heteroatoms. The van der Waals surface area contributed by atoms with Crippen molar-refractivity contribution in [3.8, 4) is 0 Å². The molecule has 5 nitrogen and oxygen atoms in total. The highest BCUT2D eigenvalue weighted by molar-refractivity contribution is 8.39. The van der Waals surface area contributed by atoms with E-state index in [0.717, 1.165) is 16.7 Å². The lowest BCUT2D eigenvalue weighted by Gasteiger charge is -2.26. The third kappa shape index (κ3) is 4.13. The number of aliphatic imine (C=N–C) groups is 1. The van der Waals surface area contributed by atoms with Crippen LogP contribution in [-0.2, 0) is 14.6 Å². The van der Waals surface area contributed by atoms with Crippen molar-refractivity contribution in [2.45, 2.75) is 19.4 Å². The van der Waals surface area contributed by atoms with Gasteiger partial charge in [-0.15, -0.1) is 0 Å². The van der Waals surface area contributed by atoms with Crippen LogP contribution in [0.25, 0.3) is 0 Å². The average molecular weight is 322 g/mol. The standard InChI is InChI=1S/C11H18N2O3S3/c1-2-13(9-3-6-19(15,16)8-9)10(14)7-18-11-12-4-5-17-11/h9H,2-8H2,1H3. The van der Waals surface area contributed by atoms with Gasteiger partial charge in [0.25, 0.3) is 0 Å². The van der Waals surface area contributed by atoms with Crippen LogP contribution in [-0.4, -0.2) is 65.7 Å². The second-order valence-corrected chi connectivity index (χ2v) is 9.06. The molecule has 0 aliphatic carbocycles. The molecule has 1 unspecified atom stereocenters. The van der Waals surface area contributed by atoms with Gasteiger partial charge in [0.1, 0.15) is 4.38 Å². The summed E-state index contributed by atoms with van der Waals surface area (Å²) in [5.74, 6) is 1.69. The molecule has 1 amide bonds. The van der Waals surface area contributed by atoms with E-state index in [2.05, 4.69) is 4.99 Å². The Morgan fingerprint density at radius 1 is 1.58 bits per heavy atom. The molecule has 108 valence electrons. The van der Waals surface area contributed by atoms with Gasteiger partial charge in [-0.3, -0.25) is 9.79 Å². The summed E-state index contributed by atoms with van der Waals surface area (Å²) >= 11 is 3.15. The lowest BCUT2D eigenvalue weighted by molar-refractivity contribution is -0.129. The topological polar surface area (TPSA) is 66.8 Å². The molecule has 0 aromatic rings. The molecule has 0 radical (unpaired) electrons. The smallest absolute Gasteiger partial charge is 0.233 e. The van der Waals surface area contributed by atoms with Crippen LogP contribution < -0.4 is 0 Å². The summed E-state index contributed by atoms with van der Waals surface area (Å²) in [5, 5.41) is 0. The molecule has 0 spiro atoms. The van der Waals surface area contributed by atoms with Crippen LogP contribution >= 0.6 is 23.5 Å². The van der Waals surface area contributed by atoms with E-state index >= 15 is 0 Å². The third-order valence-corrected chi connectivity index (χ3v) is 7.17. The fourth-order valence-electron chi connectivity index (χ4n) is 2.27. The van der Waals surface area contributed by atoms with Gasteiger partial charge in [0.2, 0.25) is 5.91 Å². The van der Waals surface area contributed by atoms with Crippen molar-refractivity contribution < 1.29 is 13.2 Å². The van der Waals surface area contributed by atoms with Crippen LogP contribution in [0.3, 0.4) is 0 Å². The Balaban J connectivity index is 1.88. The van der Waals surface area contributed by atoms with Gasteiger partial charge in [0.05, 0.1) is 23.8 Å². The van der Waals surface area contributed by atoms with E-state index in [-0.39, 0.29) is 23.5 Å². The fourth-order valence-corrected chi connectivity index (χ4v) is 5.89. The van der Waals surface area contributed by atoms with Crippen molar-refractivity contribution in [1.29, 1.82) is 0 Å². The summed E-state index contributed by atoms with van der Waals surface area (Å²) in [6.07, 6.45) is 0.572. The molecule has 0 N–H and O–H groups in total. The molecular weight excluding hydrogens is 304 g/mol. The quantitative estimate of drug-likeness (QED) is 0.768. The van der Waals surface area contributed by atoms with Crippen molar-refractivity contribution in [1.82, 2.24) is 4.90 Å². The van der Waals surface area contributed by atoms with Crippen LogP contribution in [0.15, 0.2) is 4.99 Å². The molecule has 0 aromatic heterocycles. The maximum Gasteiger partial charge on any atom is 0.233 e. The van der Waals surface area contributed by atoms with E-state index < -0.39 is 9.84 Å².